The van der Waals surface area contributed by atoms with E-state index in [0.717, 1.165) is 36.8 Å². The highest BCUT2D eigenvalue weighted by atomic mass is 32.1. The summed E-state index contributed by atoms with van der Waals surface area (Å²) in [6.07, 6.45) is 0. The van der Waals surface area contributed by atoms with E-state index in [4.69, 9.17) is 0 Å². The Balaban J connectivity index is 1.85. The van der Waals surface area contributed by atoms with Crippen molar-refractivity contribution in [2.75, 3.05) is 26.2 Å². The molecule has 1 saturated heterocycles. The van der Waals surface area contributed by atoms with Crippen molar-refractivity contribution in [2.24, 2.45) is 7.05 Å². The van der Waals surface area contributed by atoms with Crippen molar-refractivity contribution in [3.8, 4) is 10.6 Å². The topological polar surface area (TPSA) is 50.2 Å². The van der Waals surface area contributed by atoms with Crippen LogP contribution in [0.4, 0.5) is 0 Å². The van der Waals surface area contributed by atoms with Crippen molar-refractivity contribution < 1.29 is 4.79 Å². The number of thiophene rings is 1. The summed E-state index contributed by atoms with van der Waals surface area (Å²) in [5.74, 6) is 0.0277. The Kier molecular flexibility index (Phi) is 3.35. The van der Waals surface area contributed by atoms with Crippen molar-refractivity contribution in [1.29, 1.82) is 0 Å². The number of aryl methyl sites for hydroxylation is 1. The summed E-state index contributed by atoms with van der Waals surface area (Å²) in [7, 11) is 1.88. The van der Waals surface area contributed by atoms with Crippen LogP contribution >= 0.6 is 11.3 Å². The van der Waals surface area contributed by atoms with Gasteiger partial charge in [-0.05, 0) is 17.5 Å². The molecule has 0 bridgehead atoms. The first kappa shape index (κ1) is 12.4. The third-order valence-corrected chi connectivity index (χ3v) is 4.17. The Labute approximate surface area is 115 Å². The van der Waals surface area contributed by atoms with E-state index in [1.807, 2.05) is 35.5 Å². The van der Waals surface area contributed by atoms with Crippen LogP contribution in [0.25, 0.3) is 10.6 Å². The van der Waals surface area contributed by atoms with E-state index in [1.165, 1.54) is 0 Å². The molecule has 100 valence electrons. The molecule has 0 unspecified atom stereocenters. The van der Waals surface area contributed by atoms with E-state index in [2.05, 4.69) is 10.4 Å². The van der Waals surface area contributed by atoms with Gasteiger partial charge in [0.1, 0.15) is 0 Å². The molecule has 6 heteroatoms. The zero-order valence-electron chi connectivity index (χ0n) is 10.8. The Hall–Kier alpha value is -1.66. The maximum atomic E-state index is 12.4. The molecule has 5 nitrogen and oxygen atoms in total. The van der Waals surface area contributed by atoms with Gasteiger partial charge < -0.3 is 10.2 Å². The second-order valence-corrected chi connectivity index (χ2v) is 5.51. The van der Waals surface area contributed by atoms with Crippen molar-refractivity contribution in [3.05, 3.63) is 29.3 Å². The first-order valence-corrected chi connectivity index (χ1v) is 7.21. The minimum atomic E-state index is 0.0277. The van der Waals surface area contributed by atoms with Crippen molar-refractivity contribution in [2.45, 2.75) is 0 Å². The van der Waals surface area contributed by atoms with Crippen molar-refractivity contribution >= 4 is 17.2 Å². The van der Waals surface area contributed by atoms with Gasteiger partial charge in [-0.2, -0.15) is 5.10 Å². The first-order chi connectivity index (χ1) is 9.25. The van der Waals surface area contributed by atoms with E-state index in [-0.39, 0.29) is 5.91 Å². The zero-order valence-corrected chi connectivity index (χ0v) is 11.6. The minimum absolute atomic E-state index is 0.0277. The van der Waals surface area contributed by atoms with Crippen LogP contribution in [0.15, 0.2) is 23.6 Å². The summed E-state index contributed by atoms with van der Waals surface area (Å²) >= 11 is 1.66. The molecule has 3 heterocycles. The quantitative estimate of drug-likeness (QED) is 0.896. The SMILES string of the molecule is Cn1nc(C(=O)N2CCNCC2)cc1-c1cccs1. The van der Waals surface area contributed by atoms with Gasteiger partial charge in [0.25, 0.3) is 5.91 Å². The fourth-order valence-electron chi connectivity index (χ4n) is 2.26. The van der Waals surface area contributed by atoms with Crippen LogP contribution in [-0.4, -0.2) is 46.8 Å². The second kappa shape index (κ2) is 5.14. The fraction of sp³-hybridized carbons (Fsp3) is 0.385. The number of rotatable bonds is 2. The molecule has 0 spiro atoms. The monoisotopic (exact) mass is 276 g/mol. The smallest absolute Gasteiger partial charge is 0.274 e. The standard InChI is InChI=1S/C13H16N4OS/c1-16-11(12-3-2-8-19-12)9-10(15-16)13(18)17-6-4-14-5-7-17/h2-3,8-9,14H,4-7H2,1H3. The molecule has 2 aromatic rings. The largest absolute Gasteiger partial charge is 0.335 e. The van der Waals surface area contributed by atoms with Crippen LogP contribution in [-0.2, 0) is 7.05 Å². The van der Waals surface area contributed by atoms with Gasteiger partial charge in [0, 0.05) is 33.2 Å². The predicted molar refractivity (Wildman–Crippen MR) is 75.3 cm³/mol. The van der Waals surface area contributed by atoms with E-state index >= 15 is 0 Å². The predicted octanol–water partition coefficient (Wildman–Crippen LogP) is 1.19. The van der Waals surface area contributed by atoms with Gasteiger partial charge in [-0.15, -0.1) is 11.3 Å². The number of piperazine rings is 1. The molecule has 1 N–H and O–H groups in total. The van der Waals surface area contributed by atoms with Crippen molar-refractivity contribution in [1.82, 2.24) is 20.0 Å². The summed E-state index contributed by atoms with van der Waals surface area (Å²) in [5, 5.41) is 9.62. The minimum Gasteiger partial charge on any atom is -0.335 e. The third-order valence-electron chi connectivity index (χ3n) is 3.28. The maximum Gasteiger partial charge on any atom is 0.274 e. The molecule has 0 atom stereocenters. The lowest BCUT2D eigenvalue weighted by atomic mass is 10.2. The summed E-state index contributed by atoms with van der Waals surface area (Å²) < 4.78 is 1.78. The summed E-state index contributed by atoms with van der Waals surface area (Å²) in [5.41, 5.74) is 1.53. The van der Waals surface area contributed by atoms with Gasteiger partial charge in [-0.3, -0.25) is 9.48 Å². The van der Waals surface area contributed by atoms with Gasteiger partial charge in [-0.25, -0.2) is 0 Å². The molecule has 0 radical (unpaired) electrons. The number of carbonyl (C=O) groups excluding carboxylic acids is 1. The summed E-state index contributed by atoms with van der Waals surface area (Å²) in [4.78, 5) is 15.4. The number of hydrogen-bond acceptors (Lipinski definition) is 4. The first-order valence-electron chi connectivity index (χ1n) is 6.33. The van der Waals surface area contributed by atoms with Crippen LogP contribution in [0, 0.1) is 0 Å². The molecule has 1 fully saturated rings. The molecule has 3 rings (SSSR count). The molecule has 1 aliphatic heterocycles. The second-order valence-electron chi connectivity index (χ2n) is 4.56. The highest BCUT2D eigenvalue weighted by Crippen LogP contribution is 2.25. The number of hydrogen-bond donors (Lipinski definition) is 1. The lowest BCUT2D eigenvalue weighted by Gasteiger charge is -2.26. The average Bonchev–Trinajstić information content (AvgIpc) is 3.08. The molecule has 2 aromatic heterocycles. The molecule has 1 aliphatic rings. The molecule has 0 aromatic carbocycles. The van der Waals surface area contributed by atoms with Crippen LogP contribution in [0.2, 0.25) is 0 Å². The maximum absolute atomic E-state index is 12.4. The third kappa shape index (κ3) is 2.41. The number of amides is 1. The molecular formula is C13H16N4OS. The molecular weight excluding hydrogens is 260 g/mol. The lowest BCUT2D eigenvalue weighted by molar-refractivity contribution is 0.0729. The number of aromatic nitrogens is 2. The highest BCUT2D eigenvalue weighted by Gasteiger charge is 2.21. The van der Waals surface area contributed by atoms with Gasteiger partial charge in [0.2, 0.25) is 0 Å². The normalized spacial score (nSPS) is 15.7. The van der Waals surface area contributed by atoms with Gasteiger partial charge in [0.15, 0.2) is 5.69 Å². The molecule has 0 aliphatic carbocycles. The van der Waals surface area contributed by atoms with Crippen molar-refractivity contribution in [3.63, 3.8) is 0 Å². The molecule has 0 saturated carbocycles. The van der Waals surface area contributed by atoms with Crippen LogP contribution in [0.5, 0.6) is 0 Å². The Morgan fingerprint density at radius 2 is 2.21 bits per heavy atom. The lowest BCUT2D eigenvalue weighted by Crippen LogP contribution is -2.46. The number of nitrogens with zero attached hydrogens (tertiary/aromatic N) is 3. The fourth-order valence-corrected chi connectivity index (χ4v) is 3.03. The van der Waals surface area contributed by atoms with E-state index < -0.39 is 0 Å². The van der Waals surface area contributed by atoms with Gasteiger partial charge in [-0.1, -0.05) is 6.07 Å². The summed E-state index contributed by atoms with van der Waals surface area (Å²) in [6, 6.07) is 5.93. The van der Waals surface area contributed by atoms with E-state index in [9.17, 15) is 4.79 Å². The van der Waals surface area contributed by atoms with E-state index in [1.54, 1.807) is 16.0 Å². The Morgan fingerprint density at radius 1 is 1.42 bits per heavy atom. The van der Waals surface area contributed by atoms with Crippen LogP contribution < -0.4 is 5.32 Å². The molecule has 1 amide bonds. The summed E-state index contributed by atoms with van der Waals surface area (Å²) in [6.45, 7) is 3.22. The number of carbonyl (C=O) groups is 1. The van der Waals surface area contributed by atoms with Crippen LogP contribution in [0.3, 0.4) is 0 Å². The van der Waals surface area contributed by atoms with Gasteiger partial charge in [0.05, 0.1) is 10.6 Å². The van der Waals surface area contributed by atoms with Crippen LogP contribution in [0.1, 0.15) is 10.5 Å². The molecule has 19 heavy (non-hydrogen) atoms. The Bertz CT molecular complexity index is 569. The average molecular weight is 276 g/mol. The zero-order chi connectivity index (χ0) is 13.2. The number of nitrogens with one attached hydrogen (secondary N) is 1. The van der Waals surface area contributed by atoms with E-state index in [0.29, 0.717) is 5.69 Å². The highest BCUT2D eigenvalue weighted by molar-refractivity contribution is 7.13. The van der Waals surface area contributed by atoms with Gasteiger partial charge >= 0.3 is 0 Å². The Morgan fingerprint density at radius 3 is 2.89 bits per heavy atom.